The van der Waals surface area contributed by atoms with Gasteiger partial charge >= 0.3 is 6.18 Å². The maximum absolute atomic E-state index is 13.8. The third-order valence-electron chi connectivity index (χ3n) is 4.39. The van der Waals surface area contributed by atoms with Crippen molar-refractivity contribution in [3.05, 3.63) is 48.4 Å². The molecular weight excluding hydrogens is 408 g/mol. The zero-order valence-corrected chi connectivity index (χ0v) is 15.8. The van der Waals surface area contributed by atoms with Crippen LogP contribution in [0.5, 0.6) is 0 Å². The largest absolute Gasteiger partial charge is 0.392 e. The quantitative estimate of drug-likeness (QED) is 0.456. The highest BCUT2D eigenvalue weighted by Gasteiger charge is 2.37. The number of fused-ring (bicyclic) bond motifs is 2. The van der Waals surface area contributed by atoms with Crippen molar-refractivity contribution in [1.29, 1.82) is 0 Å². The molecule has 0 aliphatic heterocycles. The van der Waals surface area contributed by atoms with Crippen LogP contribution in [0.4, 0.5) is 23.4 Å². The zero-order valence-electron chi connectivity index (χ0n) is 15.0. The van der Waals surface area contributed by atoms with E-state index < -0.39 is 30.2 Å². The smallest absolute Gasteiger partial charge is 0.309 e. The number of benzene rings is 1. The molecule has 29 heavy (non-hydrogen) atoms. The van der Waals surface area contributed by atoms with Gasteiger partial charge in [-0.25, -0.2) is 14.4 Å². The standard InChI is InChI=1S/C19H14F4N4OS/c1-10(19(21,22)23)8-15(28)26-17-16(27-9-11(20)6-7-14(27)25-17)18-24-12-4-2-3-5-13(12)29-18/h2-7,9-10H,8H2,1H3,(H,26,28). The third kappa shape index (κ3) is 3.80. The molecule has 0 radical (unpaired) electrons. The van der Waals surface area contributed by atoms with Crippen LogP contribution < -0.4 is 5.32 Å². The number of thiazole rings is 1. The molecule has 3 heterocycles. The van der Waals surface area contributed by atoms with E-state index in [0.717, 1.165) is 11.6 Å². The summed E-state index contributed by atoms with van der Waals surface area (Å²) < 4.78 is 54.5. The Hall–Kier alpha value is -3.01. The molecule has 1 atom stereocenters. The lowest BCUT2D eigenvalue weighted by Gasteiger charge is -2.14. The van der Waals surface area contributed by atoms with Gasteiger partial charge in [-0.1, -0.05) is 19.1 Å². The van der Waals surface area contributed by atoms with Gasteiger partial charge in [0.15, 0.2) is 5.82 Å². The van der Waals surface area contributed by atoms with E-state index in [-0.39, 0.29) is 5.82 Å². The Morgan fingerprint density at radius 3 is 2.69 bits per heavy atom. The van der Waals surface area contributed by atoms with Gasteiger partial charge in [-0.15, -0.1) is 11.3 Å². The van der Waals surface area contributed by atoms with Gasteiger partial charge in [0.1, 0.15) is 22.2 Å². The summed E-state index contributed by atoms with van der Waals surface area (Å²) in [6.07, 6.45) is -4.03. The number of para-hydroxylation sites is 1. The maximum Gasteiger partial charge on any atom is 0.392 e. The van der Waals surface area contributed by atoms with Crippen molar-refractivity contribution in [2.45, 2.75) is 19.5 Å². The molecule has 0 fully saturated rings. The van der Waals surface area contributed by atoms with E-state index in [9.17, 15) is 22.4 Å². The Bertz CT molecular complexity index is 1180. The van der Waals surface area contributed by atoms with Gasteiger partial charge in [-0.05, 0) is 24.3 Å². The van der Waals surface area contributed by atoms with Crippen LogP contribution in [0.25, 0.3) is 26.6 Å². The summed E-state index contributed by atoms with van der Waals surface area (Å²) in [6, 6.07) is 9.97. The second-order valence-electron chi connectivity index (χ2n) is 6.57. The number of pyridine rings is 1. The Labute approximate surface area is 166 Å². The number of carbonyl (C=O) groups excluding carboxylic acids is 1. The Balaban J connectivity index is 1.77. The van der Waals surface area contributed by atoms with Crippen molar-refractivity contribution in [3.8, 4) is 10.7 Å². The fraction of sp³-hybridized carbons (Fsp3) is 0.211. The molecule has 150 valence electrons. The van der Waals surface area contributed by atoms with Crippen LogP contribution in [0.2, 0.25) is 0 Å². The minimum Gasteiger partial charge on any atom is -0.309 e. The van der Waals surface area contributed by atoms with E-state index in [1.165, 1.54) is 34.1 Å². The first-order chi connectivity index (χ1) is 13.7. The molecule has 1 amide bonds. The molecule has 4 rings (SSSR count). The van der Waals surface area contributed by atoms with Gasteiger partial charge in [0, 0.05) is 12.6 Å². The zero-order chi connectivity index (χ0) is 20.8. The molecule has 4 aromatic rings. The van der Waals surface area contributed by atoms with E-state index in [1.807, 2.05) is 24.3 Å². The first-order valence-electron chi connectivity index (χ1n) is 8.62. The molecule has 0 saturated carbocycles. The Kier molecular flexibility index (Phi) is 4.73. The number of nitrogens with one attached hydrogen (secondary N) is 1. The predicted molar refractivity (Wildman–Crippen MR) is 102 cm³/mol. The molecule has 0 bridgehead atoms. The average molecular weight is 422 g/mol. The number of alkyl halides is 3. The number of hydrogen-bond acceptors (Lipinski definition) is 4. The molecule has 10 heteroatoms. The number of aromatic nitrogens is 3. The average Bonchev–Trinajstić information content (AvgIpc) is 3.20. The number of anilines is 1. The van der Waals surface area contributed by atoms with E-state index in [1.54, 1.807) is 0 Å². The normalized spacial score (nSPS) is 13.1. The van der Waals surface area contributed by atoms with Crippen LogP contribution in [-0.2, 0) is 4.79 Å². The van der Waals surface area contributed by atoms with Gasteiger partial charge < -0.3 is 5.32 Å². The summed E-state index contributed by atoms with van der Waals surface area (Å²) in [6.45, 7) is 0.938. The number of rotatable bonds is 4. The Morgan fingerprint density at radius 2 is 1.97 bits per heavy atom. The minimum absolute atomic E-state index is 0.0361. The SMILES string of the molecule is CC(CC(=O)Nc1nc2ccc(F)cn2c1-c1nc2ccccc2s1)C(F)(F)F. The predicted octanol–water partition coefficient (Wildman–Crippen LogP) is 5.28. The molecule has 0 aliphatic carbocycles. The molecule has 1 aromatic carbocycles. The van der Waals surface area contributed by atoms with Crippen LogP contribution >= 0.6 is 11.3 Å². The summed E-state index contributed by atoms with van der Waals surface area (Å²) in [5.41, 5.74) is 1.36. The summed E-state index contributed by atoms with van der Waals surface area (Å²) in [7, 11) is 0. The first kappa shape index (κ1) is 19.3. The molecule has 1 N–H and O–H groups in total. The molecule has 1 unspecified atom stereocenters. The van der Waals surface area contributed by atoms with Crippen LogP contribution in [-0.4, -0.2) is 26.5 Å². The third-order valence-corrected chi connectivity index (χ3v) is 5.43. The monoisotopic (exact) mass is 422 g/mol. The second-order valence-corrected chi connectivity index (χ2v) is 7.60. The van der Waals surface area contributed by atoms with Crippen molar-refractivity contribution in [3.63, 3.8) is 0 Å². The van der Waals surface area contributed by atoms with Crippen LogP contribution in [0, 0.1) is 11.7 Å². The van der Waals surface area contributed by atoms with E-state index in [4.69, 9.17) is 0 Å². The number of carbonyl (C=O) groups is 1. The van der Waals surface area contributed by atoms with Crippen molar-refractivity contribution in [2.75, 3.05) is 5.32 Å². The maximum atomic E-state index is 13.8. The van der Waals surface area contributed by atoms with Crippen LogP contribution in [0.3, 0.4) is 0 Å². The first-order valence-corrected chi connectivity index (χ1v) is 9.44. The van der Waals surface area contributed by atoms with Crippen molar-refractivity contribution < 1.29 is 22.4 Å². The lowest BCUT2D eigenvalue weighted by Crippen LogP contribution is -2.25. The minimum atomic E-state index is -4.48. The van der Waals surface area contributed by atoms with Crippen LogP contribution in [0.1, 0.15) is 13.3 Å². The number of nitrogens with zero attached hydrogens (tertiary/aromatic N) is 3. The fourth-order valence-electron chi connectivity index (χ4n) is 2.86. The van der Waals surface area contributed by atoms with Crippen LogP contribution in [0.15, 0.2) is 42.6 Å². The van der Waals surface area contributed by atoms with Gasteiger partial charge in [0.2, 0.25) is 5.91 Å². The summed E-state index contributed by atoms with van der Waals surface area (Å²) >= 11 is 1.31. The van der Waals surface area contributed by atoms with Crippen molar-refractivity contribution >= 4 is 38.9 Å². The van der Waals surface area contributed by atoms with Gasteiger partial charge in [-0.3, -0.25) is 9.20 Å². The fourth-order valence-corrected chi connectivity index (χ4v) is 3.87. The molecule has 0 saturated heterocycles. The molecule has 0 aliphatic rings. The number of imidazole rings is 1. The topological polar surface area (TPSA) is 59.3 Å². The number of halogens is 4. The number of amides is 1. The Morgan fingerprint density at radius 1 is 1.21 bits per heavy atom. The van der Waals surface area contributed by atoms with E-state index in [2.05, 4.69) is 15.3 Å². The highest BCUT2D eigenvalue weighted by atomic mass is 32.1. The van der Waals surface area contributed by atoms with Gasteiger partial charge in [-0.2, -0.15) is 13.2 Å². The van der Waals surface area contributed by atoms with Gasteiger partial charge in [0.25, 0.3) is 0 Å². The van der Waals surface area contributed by atoms with E-state index in [0.29, 0.717) is 21.9 Å². The highest BCUT2D eigenvalue weighted by Crippen LogP contribution is 2.36. The summed E-state index contributed by atoms with van der Waals surface area (Å²) in [4.78, 5) is 21.0. The van der Waals surface area contributed by atoms with Gasteiger partial charge in [0.05, 0.1) is 16.1 Å². The number of hydrogen-bond donors (Lipinski definition) is 1. The van der Waals surface area contributed by atoms with Crippen molar-refractivity contribution in [2.24, 2.45) is 5.92 Å². The molecule has 0 spiro atoms. The molecule has 5 nitrogen and oxygen atoms in total. The molecule has 3 aromatic heterocycles. The highest BCUT2D eigenvalue weighted by molar-refractivity contribution is 7.21. The molecular formula is C19H14F4N4OS. The second kappa shape index (κ2) is 7.11. The lowest BCUT2D eigenvalue weighted by atomic mass is 10.1. The lowest BCUT2D eigenvalue weighted by molar-refractivity contribution is -0.173. The summed E-state index contributed by atoms with van der Waals surface area (Å²) in [5, 5.41) is 2.90. The van der Waals surface area contributed by atoms with Crippen molar-refractivity contribution in [1.82, 2.24) is 14.4 Å². The van der Waals surface area contributed by atoms with E-state index >= 15 is 0 Å². The summed E-state index contributed by atoms with van der Waals surface area (Å²) in [5.74, 6) is -3.13.